The molecule has 4 aromatic rings. The summed E-state index contributed by atoms with van der Waals surface area (Å²) in [5.74, 6) is 0.315. The normalized spacial score (nSPS) is 12.0. The lowest BCUT2D eigenvalue weighted by atomic mass is 9.94. The van der Waals surface area contributed by atoms with Crippen molar-refractivity contribution in [1.82, 2.24) is 9.61 Å². The van der Waals surface area contributed by atoms with E-state index in [2.05, 4.69) is 60.8 Å². The number of fused-ring (bicyclic) bond motifs is 3. The van der Waals surface area contributed by atoms with Crippen LogP contribution in [0.15, 0.2) is 73.1 Å². The summed E-state index contributed by atoms with van der Waals surface area (Å²) in [4.78, 5) is 0. The summed E-state index contributed by atoms with van der Waals surface area (Å²) in [6.07, 6.45) is 5.54. The fraction of sp³-hybridized carbons (Fsp3) is 0.174. The molecule has 0 aliphatic carbocycles. The smallest absolute Gasteiger partial charge is 0.0809 e. The van der Waals surface area contributed by atoms with Crippen LogP contribution in [0.1, 0.15) is 31.0 Å². The molecule has 26 heavy (non-hydrogen) atoms. The van der Waals surface area contributed by atoms with Gasteiger partial charge < -0.3 is 5.11 Å². The Hall–Kier alpha value is -3.07. The second-order valence-electron chi connectivity index (χ2n) is 6.84. The number of aliphatic hydroxyl groups is 1. The minimum absolute atomic E-state index is 0.315. The first-order valence-corrected chi connectivity index (χ1v) is 8.98. The molecule has 2 heterocycles. The molecule has 2 aromatic heterocycles. The zero-order valence-corrected chi connectivity index (χ0v) is 15.1. The third kappa shape index (κ3) is 2.57. The molecule has 0 fully saturated rings. The van der Waals surface area contributed by atoms with Crippen molar-refractivity contribution in [2.24, 2.45) is 0 Å². The molecule has 0 aliphatic rings. The summed E-state index contributed by atoms with van der Waals surface area (Å²) < 4.78 is 2.09. The molecule has 4 rings (SSSR count). The second-order valence-corrected chi connectivity index (χ2v) is 6.84. The molecule has 3 nitrogen and oxygen atoms in total. The van der Waals surface area contributed by atoms with Crippen molar-refractivity contribution in [2.75, 3.05) is 0 Å². The Morgan fingerprint density at radius 1 is 1.04 bits per heavy atom. The van der Waals surface area contributed by atoms with E-state index < -0.39 is 0 Å². The van der Waals surface area contributed by atoms with Crippen LogP contribution in [-0.4, -0.2) is 14.7 Å². The summed E-state index contributed by atoms with van der Waals surface area (Å²) in [5, 5.41) is 16.4. The highest BCUT2D eigenvalue weighted by Crippen LogP contribution is 2.39. The van der Waals surface area contributed by atoms with Gasteiger partial charge >= 0.3 is 0 Å². The number of hydrogen-bond donors (Lipinski definition) is 1. The molecule has 0 saturated heterocycles. The van der Waals surface area contributed by atoms with Gasteiger partial charge in [-0.25, -0.2) is 4.52 Å². The van der Waals surface area contributed by atoms with Crippen LogP contribution >= 0.6 is 0 Å². The van der Waals surface area contributed by atoms with Crippen LogP contribution in [0.2, 0.25) is 0 Å². The van der Waals surface area contributed by atoms with Crippen molar-refractivity contribution >= 4 is 16.3 Å². The quantitative estimate of drug-likeness (QED) is 0.469. The first-order chi connectivity index (χ1) is 12.7. The summed E-state index contributed by atoms with van der Waals surface area (Å²) in [6.45, 7) is 4.39. The van der Waals surface area contributed by atoms with Gasteiger partial charge in [-0.3, -0.25) is 0 Å². The molecule has 2 aromatic carbocycles. The fourth-order valence-corrected chi connectivity index (χ4v) is 3.83. The number of hydrogen-bond acceptors (Lipinski definition) is 2. The van der Waals surface area contributed by atoms with Gasteiger partial charge in [0.1, 0.15) is 0 Å². The van der Waals surface area contributed by atoms with Crippen LogP contribution in [0, 0.1) is 0 Å². The average molecular weight is 342 g/mol. The Balaban J connectivity index is 2.21. The maximum Gasteiger partial charge on any atom is 0.0809 e. The van der Waals surface area contributed by atoms with Gasteiger partial charge in [-0.15, -0.1) is 0 Å². The van der Waals surface area contributed by atoms with E-state index in [1.165, 1.54) is 27.8 Å². The number of rotatable bonds is 4. The van der Waals surface area contributed by atoms with E-state index in [1.807, 2.05) is 18.3 Å². The Morgan fingerprint density at radius 2 is 1.77 bits per heavy atom. The van der Waals surface area contributed by atoms with Crippen LogP contribution in [0.25, 0.3) is 27.4 Å². The minimum Gasteiger partial charge on any atom is -0.516 e. The Bertz CT molecular complexity index is 1090. The first-order valence-electron chi connectivity index (χ1n) is 8.98. The number of benzene rings is 2. The molecule has 130 valence electrons. The standard InChI is InChI=1S/C23H22N2O/c1-16(2)22-20(13-8-14-26)21(17-9-4-3-5-10-17)23-19-12-7-6-11-18(19)15-24-25(22)23/h3-12,14-16,26H,13H2,1-2H3. The molecule has 0 radical (unpaired) electrons. The van der Waals surface area contributed by atoms with Crippen LogP contribution in [-0.2, 0) is 6.42 Å². The monoisotopic (exact) mass is 342 g/mol. The van der Waals surface area contributed by atoms with Crippen molar-refractivity contribution in [3.63, 3.8) is 0 Å². The van der Waals surface area contributed by atoms with Crippen LogP contribution in [0.5, 0.6) is 0 Å². The summed E-state index contributed by atoms with van der Waals surface area (Å²) >= 11 is 0. The summed E-state index contributed by atoms with van der Waals surface area (Å²) in [5.41, 5.74) is 5.94. The van der Waals surface area contributed by atoms with E-state index in [-0.39, 0.29) is 0 Å². The Morgan fingerprint density at radius 3 is 2.50 bits per heavy atom. The highest BCUT2D eigenvalue weighted by atomic mass is 16.2. The summed E-state index contributed by atoms with van der Waals surface area (Å²) in [7, 11) is 0. The van der Waals surface area contributed by atoms with Gasteiger partial charge in [0, 0.05) is 22.0 Å². The third-order valence-electron chi connectivity index (χ3n) is 4.85. The lowest BCUT2D eigenvalue weighted by molar-refractivity contribution is 0.471. The lowest BCUT2D eigenvalue weighted by Gasteiger charge is -2.09. The van der Waals surface area contributed by atoms with Gasteiger partial charge in [-0.1, -0.05) is 68.4 Å². The molecule has 1 N–H and O–H groups in total. The van der Waals surface area contributed by atoms with Crippen LogP contribution in [0.4, 0.5) is 0 Å². The van der Waals surface area contributed by atoms with Crippen LogP contribution < -0.4 is 0 Å². The van der Waals surface area contributed by atoms with Gasteiger partial charge in [0.25, 0.3) is 0 Å². The molecule has 3 heteroatoms. The van der Waals surface area contributed by atoms with Gasteiger partial charge in [0.2, 0.25) is 0 Å². The van der Waals surface area contributed by atoms with Crippen molar-refractivity contribution in [3.8, 4) is 11.1 Å². The average Bonchev–Trinajstić information content (AvgIpc) is 3.01. The van der Waals surface area contributed by atoms with Gasteiger partial charge in [0.05, 0.1) is 18.0 Å². The predicted octanol–water partition coefficient (Wildman–Crippen LogP) is 5.89. The second kappa shape index (κ2) is 6.68. The van der Waals surface area contributed by atoms with Crippen molar-refractivity contribution in [2.45, 2.75) is 26.2 Å². The largest absolute Gasteiger partial charge is 0.516 e. The molecule has 0 saturated carbocycles. The van der Waals surface area contributed by atoms with Crippen molar-refractivity contribution in [3.05, 3.63) is 84.4 Å². The molecule has 0 amide bonds. The molecule has 0 atom stereocenters. The first kappa shape index (κ1) is 16.4. The third-order valence-corrected chi connectivity index (χ3v) is 4.85. The molecular formula is C23H22N2O. The molecule has 0 spiro atoms. The maximum atomic E-state index is 9.26. The maximum absolute atomic E-state index is 9.26. The molecule has 0 unspecified atom stereocenters. The number of nitrogens with zero attached hydrogens (tertiary/aromatic N) is 2. The van der Waals surface area contributed by atoms with Crippen molar-refractivity contribution < 1.29 is 5.11 Å². The number of aliphatic hydroxyl groups excluding tert-OH is 1. The minimum atomic E-state index is 0.315. The summed E-state index contributed by atoms with van der Waals surface area (Å²) in [6, 6.07) is 18.9. The topological polar surface area (TPSA) is 37.5 Å². The Labute approximate surface area is 153 Å². The van der Waals surface area contributed by atoms with Gasteiger partial charge in [0.15, 0.2) is 0 Å². The van der Waals surface area contributed by atoms with Crippen molar-refractivity contribution in [1.29, 1.82) is 0 Å². The van der Waals surface area contributed by atoms with E-state index in [0.29, 0.717) is 12.3 Å². The lowest BCUT2D eigenvalue weighted by Crippen LogP contribution is -2.01. The van der Waals surface area contributed by atoms with Gasteiger partial charge in [-0.05, 0) is 29.5 Å². The molecule has 0 aliphatic heterocycles. The fourth-order valence-electron chi connectivity index (χ4n) is 3.83. The van der Waals surface area contributed by atoms with E-state index in [9.17, 15) is 5.11 Å². The predicted molar refractivity (Wildman–Crippen MR) is 108 cm³/mol. The van der Waals surface area contributed by atoms with E-state index in [0.717, 1.165) is 17.2 Å². The molecule has 0 bridgehead atoms. The van der Waals surface area contributed by atoms with E-state index in [1.54, 1.807) is 6.08 Å². The SMILES string of the molecule is CC(C)c1c(CC=CO)c(-c2ccccc2)c2c3ccccc3cnn12. The van der Waals surface area contributed by atoms with E-state index in [4.69, 9.17) is 5.10 Å². The number of aromatic nitrogens is 2. The van der Waals surface area contributed by atoms with Crippen LogP contribution in [0.3, 0.4) is 0 Å². The molecular weight excluding hydrogens is 320 g/mol. The van der Waals surface area contributed by atoms with Gasteiger partial charge in [-0.2, -0.15) is 5.10 Å². The van der Waals surface area contributed by atoms with E-state index >= 15 is 0 Å². The zero-order valence-electron chi connectivity index (χ0n) is 15.1. The highest BCUT2D eigenvalue weighted by Gasteiger charge is 2.23. The number of allylic oxidation sites excluding steroid dienone is 1. The zero-order chi connectivity index (χ0) is 18.1. The highest BCUT2D eigenvalue weighted by molar-refractivity contribution is 6.04. The Kier molecular flexibility index (Phi) is 4.21.